The van der Waals surface area contributed by atoms with Crippen LogP contribution < -0.4 is 0 Å². The highest BCUT2D eigenvalue weighted by molar-refractivity contribution is 6.30. The lowest BCUT2D eigenvalue weighted by molar-refractivity contribution is -0.170. The molecule has 1 heterocycles. The van der Waals surface area contributed by atoms with E-state index >= 15 is 0 Å². The fourth-order valence-electron chi connectivity index (χ4n) is 2.34. The van der Waals surface area contributed by atoms with Gasteiger partial charge in [0.2, 0.25) is 0 Å². The Labute approximate surface area is 141 Å². The molecule has 0 N–H and O–H groups in total. The number of imide groups is 1. The summed E-state index contributed by atoms with van der Waals surface area (Å²) in [6.07, 6.45) is 0. The van der Waals surface area contributed by atoms with Crippen molar-refractivity contribution in [2.75, 3.05) is 0 Å². The molecular formula is C17H11ClFNO4. The molecule has 0 bridgehead atoms. The Morgan fingerprint density at radius 2 is 1.71 bits per heavy atom. The standard InChI is InChI=1S/C17H11ClFNO4/c1-9(10-6-7-14(19)13(18)8-10)17(23)24-20-15(21)11-4-2-3-5-12(11)16(20)22/h2-9H,1H3. The molecule has 0 fully saturated rings. The molecule has 2 aromatic rings. The summed E-state index contributed by atoms with van der Waals surface area (Å²) in [5.41, 5.74) is 0.753. The average molecular weight is 348 g/mol. The van der Waals surface area contributed by atoms with Gasteiger partial charge in [0.25, 0.3) is 11.8 Å². The molecule has 24 heavy (non-hydrogen) atoms. The Kier molecular flexibility index (Phi) is 4.07. The van der Waals surface area contributed by atoms with Gasteiger partial charge in [0.15, 0.2) is 0 Å². The van der Waals surface area contributed by atoms with E-state index in [2.05, 4.69) is 0 Å². The Hall–Kier alpha value is -2.73. The molecule has 1 atom stereocenters. The lowest BCUT2D eigenvalue weighted by Crippen LogP contribution is -2.34. The van der Waals surface area contributed by atoms with Crippen LogP contribution in [0.3, 0.4) is 0 Å². The number of hydrogen-bond donors (Lipinski definition) is 0. The van der Waals surface area contributed by atoms with Crippen molar-refractivity contribution >= 4 is 29.4 Å². The third-order valence-corrected chi connectivity index (χ3v) is 4.02. The number of benzene rings is 2. The van der Waals surface area contributed by atoms with Gasteiger partial charge in [-0.25, -0.2) is 9.18 Å². The fraction of sp³-hybridized carbons (Fsp3) is 0.118. The van der Waals surface area contributed by atoms with E-state index in [4.69, 9.17) is 16.4 Å². The van der Waals surface area contributed by atoms with Crippen molar-refractivity contribution in [3.05, 3.63) is 70.0 Å². The summed E-state index contributed by atoms with van der Waals surface area (Å²) in [6, 6.07) is 9.99. The number of carbonyl (C=O) groups excluding carboxylic acids is 3. The van der Waals surface area contributed by atoms with Crippen molar-refractivity contribution < 1.29 is 23.6 Å². The molecule has 0 aliphatic carbocycles. The quantitative estimate of drug-likeness (QED) is 0.799. The number of hydrogen-bond acceptors (Lipinski definition) is 4. The van der Waals surface area contributed by atoms with Crippen LogP contribution >= 0.6 is 11.6 Å². The van der Waals surface area contributed by atoms with E-state index in [0.717, 1.165) is 6.07 Å². The number of rotatable bonds is 3. The first-order valence-electron chi connectivity index (χ1n) is 7.04. The normalized spacial score (nSPS) is 14.5. The Morgan fingerprint density at radius 1 is 1.12 bits per heavy atom. The number of nitrogens with zero attached hydrogens (tertiary/aromatic N) is 1. The van der Waals surface area contributed by atoms with Crippen LogP contribution in [-0.2, 0) is 9.63 Å². The third kappa shape index (κ3) is 2.65. The van der Waals surface area contributed by atoms with Crippen molar-refractivity contribution in [3.63, 3.8) is 0 Å². The summed E-state index contributed by atoms with van der Waals surface area (Å²) >= 11 is 5.69. The van der Waals surface area contributed by atoms with Gasteiger partial charge in [-0.2, -0.15) is 0 Å². The predicted molar refractivity (Wildman–Crippen MR) is 82.9 cm³/mol. The highest BCUT2D eigenvalue weighted by atomic mass is 35.5. The van der Waals surface area contributed by atoms with Crippen LogP contribution in [0.15, 0.2) is 42.5 Å². The molecule has 0 radical (unpaired) electrons. The van der Waals surface area contributed by atoms with Gasteiger partial charge in [0.05, 0.1) is 22.1 Å². The first kappa shape index (κ1) is 16.1. The molecule has 1 aliphatic heterocycles. The van der Waals surface area contributed by atoms with E-state index in [1.165, 1.54) is 31.2 Å². The number of halogens is 2. The lowest BCUT2D eigenvalue weighted by Gasteiger charge is -2.16. The maximum atomic E-state index is 13.2. The molecule has 0 saturated heterocycles. The smallest absolute Gasteiger partial charge is 0.329 e. The summed E-state index contributed by atoms with van der Waals surface area (Å²) in [7, 11) is 0. The maximum Gasteiger partial charge on any atom is 0.340 e. The Bertz CT molecular complexity index is 832. The minimum absolute atomic E-state index is 0.132. The molecule has 3 rings (SSSR count). The molecule has 5 nitrogen and oxygen atoms in total. The zero-order valence-corrected chi connectivity index (χ0v) is 13.2. The van der Waals surface area contributed by atoms with Crippen LogP contribution in [0, 0.1) is 5.82 Å². The second kappa shape index (κ2) is 6.05. The van der Waals surface area contributed by atoms with Gasteiger partial charge in [-0.05, 0) is 36.8 Å². The van der Waals surface area contributed by atoms with Crippen LogP contribution in [0.25, 0.3) is 0 Å². The first-order chi connectivity index (χ1) is 11.4. The van der Waals surface area contributed by atoms with Crippen LogP contribution in [0.4, 0.5) is 4.39 Å². The summed E-state index contributed by atoms with van der Waals surface area (Å²) in [5.74, 6) is -3.68. The number of hydroxylamine groups is 2. The summed E-state index contributed by atoms with van der Waals surface area (Å²) in [5, 5.41) is 0.308. The molecule has 0 spiro atoms. The molecule has 2 aromatic carbocycles. The second-order valence-corrected chi connectivity index (χ2v) is 5.66. The zero-order valence-electron chi connectivity index (χ0n) is 12.5. The monoisotopic (exact) mass is 347 g/mol. The van der Waals surface area contributed by atoms with Crippen molar-refractivity contribution in [1.82, 2.24) is 5.06 Å². The number of fused-ring (bicyclic) bond motifs is 1. The van der Waals surface area contributed by atoms with Crippen LogP contribution in [0.2, 0.25) is 5.02 Å². The van der Waals surface area contributed by atoms with Gasteiger partial charge in [0.1, 0.15) is 5.82 Å². The molecule has 0 saturated carbocycles. The lowest BCUT2D eigenvalue weighted by atomic mass is 10.0. The van der Waals surface area contributed by atoms with Crippen molar-refractivity contribution in [3.8, 4) is 0 Å². The van der Waals surface area contributed by atoms with Crippen LogP contribution in [-0.4, -0.2) is 22.8 Å². The summed E-state index contributed by atoms with van der Waals surface area (Å²) < 4.78 is 13.2. The first-order valence-corrected chi connectivity index (χ1v) is 7.42. The topological polar surface area (TPSA) is 63.7 Å². The highest BCUT2D eigenvalue weighted by Gasteiger charge is 2.39. The molecule has 7 heteroatoms. The van der Waals surface area contributed by atoms with Gasteiger partial charge >= 0.3 is 5.97 Å². The van der Waals surface area contributed by atoms with E-state index in [0.29, 0.717) is 10.6 Å². The maximum absolute atomic E-state index is 13.2. The van der Waals surface area contributed by atoms with Gasteiger partial charge in [-0.3, -0.25) is 9.59 Å². The average Bonchev–Trinajstić information content (AvgIpc) is 2.82. The highest BCUT2D eigenvalue weighted by Crippen LogP contribution is 2.26. The van der Waals surface area contributed by atoms with E-state index in [-0.39, 0.29) is 16.1 Å². The van der Waals surface area contributed by atoms with Gasteiger partial charge in [-0.15, -0.1) is 0 Å². The van der Waals surface area contributed by atoms with Crippen LogP contribution in [0.1, 0.15) is 39.1 Å². The zero-order chi connectivity index (χ0) is 17.4. The minimum atomic E-state index is -0.840. The molecule has 122 valence electrons. The van der Waals surface area contributed by atoms with Crippen LogP contribution in [0.5, 0.6) is 0 Å². The third-order valence-electron chi connectivity index (χ3n) is 3.74. The molecule has 1 aliphatic rings. The minimum Gasteiger partial charge on any atom is -0.329 e. The van der Waals surface area contributed by atoms with Crippen molar-refractivity contribution in [2.45, 2.75) is 12.8 Å². The van der Waals surface area contributed by atoms with Crippen molar-refractivity contribution in [1.29, 1.82) is 0 Å². The number of carbonyl (C=O) groups is 3. The largest absolute Gasteiger partial charge is 0.340 e. The summed E-state index contributed by atoms with van der Waals surface area (Å²) in [6.45, 7) is 1.50. The van der Waals surface area contributed by atoms with E-state index < -0.39 is 29.5 Å². The fourth-order valence-corrected chi connectivity index (χ4v) is 2.53. The number of amides is 2. The SMILES string of the molecule is CC(C(=O)ON1C(=O)c2ccccc2C1=O)c1ccc(F)c(Cl)c1. The van der Waals surface area contributed by atoms with Gasteiger partial charge < -0.3 is 4.84 Å². The van der Waals surface area contributed by atoms with Gasteiger partial charge in [-0.1, -0.05) is 34.9 Å². The Morgan fingerprint density at radius 3 is 2.25 bits per heavy atom. The molecule has 0 aromatic heterocycles. The van der Waals surface area contributed by atoms with E-state index in [9.17, 15) is 18.8 Å². The molecular weight excluding hydrogens is 337 g/mol. The van der Waals surface area contributed by atoms with Crippen molar-refractivity contribution in [2.24, 2.45) is 0 Å². The van der Waals surface area contributed by atoms with E-state index in [1.807, 2.05) is 0 Å². The predicted octanol–water partition coefficient (Wildman–Crippen LogP) is 3.34. The molecule has 1 unspecified atom stereocenters. The summed E-state index contributed by atoms with van der Waals surface area (Å²) in [4.78, 5) is 41.5. The van der Waals surface area contributed by atoms with E-state index in [1.54, 1.807) is 12.1 Å². The molecule has 2 amide bonds. The second-order valence-electron chi connectivity index (χ2n) is 5.26. The Balaban J connectivity index is 1.79. The van der Waals surface area contributed by atoms with Gasteiger partial charge in [0, 0.05) is 0 Å².